The lowest BCUT2D eigenvalue weighted by molar-refractivity contribution is 0.0953. The van der Waals surface area contributed by atoms with Crippen molar-refractivity contribution < 1.29 is 4.79 Å². The van der Waals surface area contributed by atoms with Gasteiger partial charge in [0.05, 0.1) is 5.69 Å². The summed E-state index contributed by atoms with van der Waals surface area (Å²) >= 11 is 0. The zero-order valence-corrected chi connectivity index (χ0v) is 14.2. The number of rotatable bonds is 8. The minimum Gasteiger partial charge on any atom is -0.366 e. The van der Waals surface area contributed by atoms with Crippen molar-refractivity contribution in [3.05, 3.63) is 79.0 Å². The molecule has 0 saturated heterocycles. The van der Waals surface area contributed by atoms with E-state index in [1.54, 1.807) is 0 Å². The smallest absolute Gasteiger partial charge is 0.251 e. The highest BCUT2D eigenvalue weighted by Gasteiger charge is 2.10. The van der Waals surface area contributed by atoms with Crippen LogP contribution in [-0.4, -0.2) is 30.5 Å². The summed E-state index contributed by atoms with van der Waals surface area (Å²) < 4.78 is 0. The molecule has 4 heteroatoms. The van der Waals surface area contributed by atoms with Crippen molar-refractivity contribution in [1.29, 1.82) is 0 Å². The summed E-state index contributed by atoms with van der Waals surface area (Å²) in [6.07, 6.45) is 4.81. The number of para-hydroxylation sites is 1. The molecule has 25 heavy (non-hydrogen) atoms. The molecule has 3 rings (SSSR count). The lowest BCUT2D eigenvalue weighted by Crippen LogP contribution is -2.30. The molecule has 1 aromatic heterocycles. The molecule has 3 aromatic rings. The average Bonchev–Trinajstić information content (AvgIpc) is 3.09. The maximum Gasteiger partial charge on any atom is 0.251 e. The quantitative estimate of drug-likeness (QED) is 0.484. The lowest BCUT2D eigenvalue weighted by Gasteiger charge is -2.22. The second-order valence-electron chi connectivity index (χ2n) is 5.93. The van der Waals surface area contributed by atoms with Gasteiger partial charge in [-0.3, -0.25) is 4.79 Å². The predicted octanol–water partition coefficient (Wildman–Crippen LogP) is 3.98. The summed E-state index contributed by atoms with van der Waals surface area (Å²) in [6.45, 7) is 6.13. The third kappa shape index (κ3) is 4.10. The number of H-pyrrole nitrogens is 1. The molecule has 0 aliphatic rings. The second-order valence-corrected chi connectivity index (χ2v) is 5.93. The van der Waals surface area contributed by atoms with E-state index in [-0.39, 0.29) is 5.91 Å². The van der Waals surface area contributed by atoms with Gasteiger partial charge in [0.25, 0.3) is 5.91 Å². The summed E-state index contributed by atoms with van der Waals surface area (Å²) in [4.78, 5) is 17.7. The summed E-state index contributed by atoms with van der Waals surface area (Å²) in [5.74, 6) is -0.0250. The molecule has 0 bridgehead atoms. The number of carbonyl (C=O) groups is 1. The zero-order valence-electron chi connectivity index (χ0n) is 14.2. The number of carbonyl (C=O) groups excluding carboxylic acids is 1. The van der Waals surface area contributed by atoms with Crippen LogP contribution in [0.1, 0.15) is 16.8 Å². The first-order valence-corrected chi connectivity index (χ1v) is 8.55. The largest absolute Gasteiger partial charge is 0.366 e. The lowest BCUT2D eigenvalue weighted by atomic mass is 10.2. The molecule has 0 saturated carbocycles. The van der Waals surface area contributed by atoms with Gasteiger partial charge in [-0.15, -0.1) is 6.58 Å². The molecular formula is C21H23N3O. The molecule has 2 aromatic carbocycles. The highest BCUT2D eigenvalue weighted by atomic mass is 16.1. The van der Waals surface area contributed by atoms with Crippen molar-refractivity contribution in [2.75, 3.05) is 24.5 Å². The fraction of sp³-hybridized carbons (Fsp3) is 0.190. The highest BCUT2D eigenvalue weighted by molar-refractivity contribution is 5.94. The Kier molecular flexibility index (Phi) is 5.52. The van der Waals surface area contributed by atoms with Crippen LogP contribution in [0.2, 0.25) is 0 Å². The third-order valence-electron chi connectivity index (χ3n) is 4.18. The monoisotopic (exact) mass is 333 g/mol. The molecule has 0 aliphatic heterocycles. The Labute approximate surface area is 148 Å². The van der Waals surface area contributed by atoms with E-state index < -0.39 is 0 Å². The van der Waals surface area contributed by atoms with Gasteiger partial charge in [0, 0.05) is 42.3 Å². The van der Waals surface area contributed by atoms with Crippen molar-refractivity contribution in [2.45, 2.75) is 6.42 Å². The van der Waals surface area contributed by atoms with Crippen molar-refractivity contribution in [2.24, 2.45) is 0 Å². The molecule has 0 atom stereocenters. The fourth-order valence-electron chi connectivity index (χ4n) is 2.95. The van der Waals surface area contributed by atoms with Crippen molar-refractivity contribution in [1.82, 2.24) is 10.3 Å². The molecule has 0 unspecified atom stereocenters. The second kappa shape index (κ2) is 8.20. The minimum atomic E-state index is -0.0250. The van der Waals surface area contributed by atoms with Gasteiger partial charge in [0.2, 0.25) is 0 Å². The van der Waals surface area contributed by atoms with Crippen LogP contribution in [0.25, 0.3) is 10.9 Å². The molecule has 128 valence electrons. The Morgan fingerprint density at radius 1 is 1.12 bits per heavy atom. The number of nitrogens with one attached hydrogen (secondary N) is 2. The van der Waals surface area contributed by atoms with E-state index in [0.717, 1.165) is 25.0 Å². The van der Waals surface area contributed by atoms with Crippen LogP contribution in [-0.2, 0) is 0 Å². The van der Waals surface area contributed by atoms with Gasteiger partial charge >= 0.3 is 0 Å². The normalized spacial score (nSPS) is 10.6. The first-order valence-electron chi connectivity index (χ1n) is 8.55. The van der Waals surface area contributed by atoms with Gasteiger partial charge in [-0.25, -0.2) is 0 Å². The van der Waals surface area contributed by atoms with Gasteiger partial charge in [-0.1, -0.05) is 42.5 Å². The Balaban J connectivity index is 1.58. The number of fused-ring (bicyclic) bond motifs is 1. The predicted molar refractivity (Wildman–Crippen MR) is 104 cm³/mol. The molecule has 4 nitrogen and oxygen atoms in total. The van der Waals surface area contributed by atoms with E-state index in [2.05, 4.69) is 33.9 Å². The van der Waals surface area contributed by atoms with Crippen LogP contribution >= 0.6 is 0 Å². The molecule has 2 N–H and O–H groups in total. The maximum atomic E-state index is 12.1. The average molecular weight is 333 g/mol. The van der Waals surface area contributed by atoms with Crippen molar-refractivity contribution >= 4 is 22.5 Å². The Hall–Kier alpha value is -3.01. The first-order chi connectivity index (χ1) is 12.3. The molecule has 0 aliphatic carbocycles. The van der Waals surface area contributed by atoms with Gasteiger partial charge in [0.15, 0.2) is 0 Å². The number of hydrogen-bond acceptors (Lipinski definition) is 2. The van der Waals surface area contributed by atoms with E-state index in [9.17, 15) is 4.79 Å². The summed E-state index contributed by atoms with van der Waals surface area (Å²) in [5, 5.41) is 4.19. The van der Waals surface area contributed by atoms with Crippen molar-refractivity contribution in [3.8, 4) is 0 Å². The molecule has 0 radical (unpaired) electrons. The number of hydrogen-bond donors (Lipinski definition) is 2. The zero-order chi connectivity index (χ0) is 17.5. The Bertz CT molecular complexity index is 838. The van der Waals surface area contributed by atoms with Crippen LogP contribution in [0, 0.1) is 0 Å². The van der Waals surface area contributed by atoms with E-state index in [0.29, 0.717) is 12.1 Å². The van der Waals surface area contributed by atoms with E-state index >= 15 is 0 Å². The summed E-state index contributed by atoms with van der Waals surface area (Å²) in [7, 11) is 0. The highest BCUT2D eigenvalue weighted by Crippen LogP contribution is 2.26. The molecule has 1 heterocycles. The topological polar surface area (TPSA) is 48.1 Å². The van der Waals surface area contributed by atoms with Crippen molar-refractivity contribution in [3.63, 3.8) is 0 Å². The number of amides is 1. The molecule has 0 fully saturated rings. The van der Waals surface area contributed by atoms with E-state index in [1.807, 2.05) is 54.7 Å². The minimum absolute atomic E-state index is 0.0250. The third-order valence-corrected chi connectivity index (χ3v) is 4.18. The number of benzene rings is 2. The Morgan fingerprint density at radius 3 is 2.68 bits per heavy atom. The van der Waals surface area contributed by atoms with Crippen LogP contribution < -0.4 is 10.2 Å². The Morgan fingerprint density at radius 2 is 1.88 bits per heavy atom. The summed E-state index contributed by atoms with van der Waals surface area (Å²) in [6, 6.07) is 17.6. The molecule has 0 spiro atoms. The van der Waals surface area contributed by atoms with E-state index in [1.165, 1.54) is 11.1 Å². The fourth-order valence-corrected chi connectivity index (χ4v) is 2.95. The number of aromatic amines is 1. The van der Waals surface area contributed by atoms with Crippen LogP contribution in [0.15, 0.2) is 73.4 Å². The summed E-state index contributed by atoms with van der Waals surface area (Å²) in [5.41, 5.74) is 3.00. The number of aromatic nitrogens is 1. The van der Waals surface area contributed by atoms with E-state index in [4.69, 9.17) is 0 Å². The number of anilines is 1. The van der Waals surface area contributed by atoms with Gasteiger partial charge in [0.1, 0.15) is 0 Å². The van der Waals surface area contributed by atoms with Crippen LogP contribution in [0.5, 0.6) is 0 Å². The van der Waals surface area contributed by atoms with Crippen LogP contribution in [0.4, 0.5) is 5.69 Å². The standard InChI is InChI=1S/C21H23N3O/c1-2-14-24(20-16-23-19-12-7-6-11-18(19)20)15-8-13-22-21(25)17-9-4-3-5-10-17/h2-7,9-12,16,23H,1,8,13-15H2,(H,22,25). The molecular weight excluding hydrogens is 310 g/mol. The van der Waals surface area contributed by atoms with Gasteiger partial charge < -0.3 is 15.2 Å². The number of nitrogens with zero attached hydrogens (tertiary/aromatic N) is 1. The first kappa shape index (κ1) is 16.8. The maximum absolute atomic E-state index is 12.1. The van der Waals surface area contributed by atoms with Gasteiger partial charge in [-0.05, 0) is 24.6 Å². The molecule has 1 amide bonds. The SMILES string of the molecule is C=CCN(CCCNC(=O)c1ccccc1)c1c[nH]c2ccccc12. The van der Waals surface area contributed by atoms with Gasteiger partial charge in [-0.2, -0.15) is 0 Å². The van der Waals surface area contributed by atoms with Crippen LogP contribution in [0.3, 0.4) is 0 Å².